The number of halogens is 1. The van der Waals surface area contributed by atoms with Gasteiger partial charge in [0, 0.05) is 30.0 Å². The molecule has 144 valence electrons. The van der Waals surface area contributed by atoms with Gasteiger partial charge in [-0.15, -0.1) is 0 Å². The molecular weight excluding hydrogens is 356 g/mol. The molecule has 1 aromatic carbocycles. The van der Waals surface area contributed by atoms with E-state index in [1.807, 2.05) is 13.1 Å². The molecule has 1 N–H and O–H groups in total. The predicted octanol–water partition coefficient (Wildman–Crippen LogP) is 5.11. The second-order valence-corrected chi connectivity index (χ2v) is 7.21. The molecule has 0 spiro atoms. The van der Waals surface area contributed by atoms with E-state index in [9.17, 15) is 0 Å². The first-order chi connectivity index (χ1) is 13.0. The molecule has 1 aromatic rings. The number of nitrogens with one attached hydrogen (secondary N) is 1. The Morgan fingerprint density at radius 2 is 2.07 bits per heavy atom. The molecule has 0 unspecified atom stereocenters. The molecule has 0 aliphatic carbocycles. The highest BCUT2D eigenvalue weighted by atomic mass is 35.5. The first-order valence-corrected chi connectivity index (χ1v) is 9.48. The van der Waals surface area contributed by atoms with Gasteiger partial charge in [0.25, 0.3) is 0 Å². The number of hydrazone groups is 1. The number of allylic oxidation sites excluding steroid dienone is 2. The monoisotopic (exact) mass is 384 g/mol. The van der Waals surface area contributed by atoms with Gasteiger partial charge in [0.1, 0.15) is 0 Å². The summed E-state index contributed by atoms with van der Waals surface area (Å²) in [5.74, 6) is 0. The van der Waals surface area contributed by atoms with E-state index in [2.05, 4.69) is 71.6 Å². The fraction of sp³-hybridized carbons (Fsp3) is 0.318. The topological polar surface area (TPSA) is 30.9 Å². The van der Waals surface area contributed by atoms with Gasteiger partial charge in [-0.3, -0.25) is 5.43 Å². The normalized spacial score (nSPS) is 15.6. The summed E-state index contributed by atoms with van der Waals surface area (Å²) in [5.41, 5.74) is 8.89. The lowest BCUT2D eigenvalue weighted by molar-refractivity contribution is 0.312. The van der Waals surface area contributed by atoms with Crippen molar-refractivity contribution < 1.29 is 0 Å². The molecule has 1 aliphatic rings. The highest BCUT2D eigenvalue weighted by Gasteiger charge is 2.22. The maximum atomic E-state index is 6.35. The molecule has 0 atom stereocenters. The molecule has 1 aliphatic heterocycles. The second kappa shape index (κ2) is 10.0. The van der Waals surface area contributed by atoms with Gasteiger partial charge in [0.15, 0.2) is 0 Å². The zero-order chi connectivity index (χ0) is 19.8. The van der Waals surface area contributed by atoms with Crippen molar-refractivity contribution in [3.63, 3.8) is 0 Å². The molecule has 0 saturated carbocycles. The van der Waals surface area contributed by atoms with Gasteiger partial charge in [-0.05, 0) is 44.5 Å². The lowest BCUT2D eigenvalue weighted by Crippen LogP contribution is -2.36. The minimum Gasteiger partial charge on any atom is -0.363 e. The molecule has 5 heteroatoms. The van der Waals surface area contributed by atoms with Crippen molar-refractivity contribution in [1.29, 1.82) is 0 Å². The summed E-state index contributed by atoms with van der Waals surface area (Å²) in [7, 11) is 0. The Hall–Kier alpha value is -2.46. The molecule has 0 aromatic heterocycles. The van der Waals surface area contributed by atoms with Gasteiger partial charge < -0.3 is 9.80 Å². The largest absolute Gasteiger partial charge is 0.363 e. The molecule has 0 fully saturated rings. The van der Waals surface area contributed by atoms with Crippen LogP contribution in [0.2, 0.25) is 0 Å². The molecule has 1 heterocycles. The van der Waals surface area contributed by atoms with Crippen LogP contribution in [0.4, 0.5) is 0 Å². The van der Waals surface area contributed by atoms with Crippen LogP contribution in [0.15, 0.2) is 76.9 Å². The SMILES string of the molecule is C=CN/N=C\C(=C(/C)Cl)N1CCC(C)=C(N(C=C)Cc2ccccc2C)C1. The van der Waals surface area contributed by atoms with Crippen LogP contribution in [0.25, 0.3) is 0 Å². The highest BCUT2D eigenvalue weighted by Crippen LogP contribution is 2.27. The Labute approximate surface area is 168 Å². The lowest BCUT2D eigenvalue weighted by Gasteiger charge is -2.37. The average Bonchev–Trinajstić information content (AvgIpc) is 2.65. The summed E-state index contributed by atoms with van der Waals surface area (Å²) in [4.78, 5) is 4.50. The summed E-state index contributed by atoms with van der Waals surface area (Å²) < 4.78 is 0. The molecule has 0 saturated heterocycles. The third kappa shape index (κ3) is 5.51. The Kier molecular flexibility index (Phi) is 7.74. The van der Waals surface area contributed by atoms with Crippen molar-refractivity contribution >= 4 is 17.8 Å². The Balaban J connectivity index is 2.24. The maximum Gasteiger partial charge on any atom is 0.0718 e. The van der Waals surface area contributed by atoms with Gasteiger partial charge in [-0.2, -0.15) is 5.10 Å². The molecule has 27 heavy (non-hydrogen) atoms. The summed E-state index contributed by atoms with van der Waals surface area (Å²) >= 11 is 6.35. The summed E-state index contributed by atoms with van der Waals surface area (Å²) in [5, 5.41) is 4.86. The van der Waals surface area contributed by atoms with E-state index in [1.165, 1.54) is 28.6 Å². The van der Waals surface area contributed by atoms with Crippen LogP contribution < -0.4 is 5.43 Å². The van der Waals surface area contributed by atoms with Gasteiger partial charge in [0.2, 0.25) is 0 Å². The molecule has 2 rings (SSSR count). The number of nitrogens with zero attached hydrogens (tertiary/aromatic N) is 3. The molecular formula is C22H29ClN4. The van der Waals surface area contributed by atoms with Crippen molar-refractivity contribution in [2.75, 3.05) is 13.1 Å². The van der Waals surface area contributed by atoms with Crippen molar-refractivity contribution in [3.05, 3.63) is 82.9 Å². The van der Waals surface area contributed by atoms with Crippen LogP contribution in [-0.2, 0) is 6.54 Å². The van der Waals surface area contributed by atoms with Gasteiger partial charge in [-0.25, -0.2) is 0 Å². The van der Waals surface area contributed by atoms with E-state index < -0.39 is 0 Å². The number of aryl methyl sites for hydroxylation is 1. The quantitative estimate of drug-likeness (QED) is 0.499. The Morgan fingerprint density at radius 1 is 1.33 bits per heavy atom. The van der Waals surface area contributed by atoms with E-state index in [1.54, 1.807) is 6.21 Å². The first-order valence-electron chi connectivity index (χ1n) is 9.11. The lowest BCUT2D eigenvalue weighted by atomic mass is 10.0. The van der Waals surface area contributed by atoms with E-state index in [4.69, 9.17) is 11.6 Å². The first kappa shape index (κ1) is 20.8. The van der Waals surface area contributed by atoms with Crippen LogP contribution in [0.5, 0.6) is 0 Å². The zero-order valence-corrected chi connectivity index (χ0v) is 17.3. The molecule has 0 radical (unpaired) electrons. The van der Waals surface area contributed by atoms with Crippen LogP contribution >= 0.6 is 11.6 Å². The number of benzene rings is 1. The average molecular weight is 385 g/mol. The fourth-order valence-electron chi connectivity index (χ4n) is 3.16. The predicted molar refractivity (Wildman–Crippen MR) is 116 cm³/mol. The Bertz CT molecular complexity index is 772. The Morgan fingerprint density at radius 3 is 2.70 bits per heavy atom. The number of rotatable bonds is 8. The highest BCUT2D eigenvalue weighted by molar-refractivity contribution is 6.30. The van der Waals surface area contributed by atoms with Gasteiger partial charge in [0.05, 0.1) is 18.5 Å². The third-order valence-corrected chi connectivity index (χ3v) is 5.00. The summed E-state index contributed by atoms with van der Waals surface area (Å²) in [6.45, 7) is 16.4. The minimum atomic E-state index is 0.715. The summed E-state index contributed by atoms with van der Waals surface area (Å²) in [6, 6.07) is 8.47. The van der Waals surface area contributed by atoms with Crippen LogP contribution in [-0.4, -0.2) is 29.1 Å². The van der Waals surface area contributed by atoms with E-state index in [0.717, 1.165) is 31.8 Å². The molecule has 0 bridgehead atoms. The van der Waals surface area contributed by atoms with E-state index >= 15 is 0 Å². The van der Waals surface area contributed by atoms with Crippen molar-refractivity contribution in [3.8, 4) is 0 Å². The minimum absolute atomic E-state index is 0.715. The summed E-state index contributed by atoms with van der Waals surface area (Å²) in [6.07, 6.45) is 6.18. The van der Waals surface area contributed by atoms with Crippen LogP contribution in [0.1, 0.15) is 31.4 Å². The van der Waals surface area contributed by atoms with Crippen molar-refractivity contribution in [1.82, 2.24) is 15.2 Å². The van der Waals surface area contributed by atoms with Crippen LogP contribution in [0, 0.1) is 6.92 Å². The fourth-order valence-corrected chi connectivity index (χ4v) is 3.33. The molecule has 4 nitrogen and oxygen atoms in total. The van der Waals surface area contributed by atoms with Crippen LogP contribution in [0.3, 0.4) is 0 Å². The van der Waals surface area contributed by atoms with Crippen molar-refractivity contribution in [2.24, 2.45) is 5.10 Å². The van der Waals surface area contributed by atoms with Crippen molar-refractivity contribution in [2.45, 2.75) is 33.7 Å². The smallest absolute Gasteiger partial charge is 0.0718 e. The van der Waals surface area contributed by atoms with E-state index in [-0.39, 0.29) is 0 Å². The maximum absolute atomic E-state index is 6.35. The standard InChI is InChI=1S/C22H29ClN4/c1-6-24-25-14-21(19(5)23)27-13-12-18(4)22(16-27)26(7-2)15-20-11-9-8-10-17(20)3/h6-11,14,24H,1-2,12-13,15-16H2,3-5H3/b21-19-,25-14-. The van der Waals surface area contributed by atoms with Gasteiger partial charge in [-0.1, -0.05) is 54.6 Å². The van der Waals surface area contributed by atoms with Gasteiger partial charge >= 0.3 is 0 Å². The van der Waals surface area contributed by atoms with E-state index in [0.29, 0.717) is 5.03 Å². The third-order valence-electron chi connectivity index (χ3n) is 4.81. The number of hydrogen-bond donors (Lipinski definition) is 1. The second-order valence-electron chi connectivity index (χ2n) is 6.65. The zero-order valence-electron chi connectivity index (χ0n) is 16.5. The number of hydrogen-bond acceptors (Lipinski definition) is 4. The molecule has 0 amide bonds.